The topological polar surface area (TPSA) is 0 Å². The van der Waals surface area contributed by atoms with Gasteiger partial charge >= 0.3 is 0 Å². The van der Waals surface area contributed by atoms with Gasteiger partial charge in [-0.05, 0) is 25.2 Å². The van der Waals surface area contributed by atoms with E-state index in [0.717, 1.165) is 5.92 Å². The van der Waals surface area contributed by atoms with E-state index < -0.39 is 0 Å². The molecule has 0 aromatic carbocycles. The number of hydrogen-bond acceptors (Lipinski definition) is 0. The fourth-order valence-corrected chi connectivity index (χ4v) is 2.18. The van der Waals surface area contributed by atoms with E-state index in [9.17, 15) is 0 Å². The van der Waals surface area contributed by atoms with Gasteiger partial charge in [-0.15, -0.1) is 0 Å². The molecule has 0 amide bonds. The zero-order valence-corrected chi connectivity index (χ0v) is 12.5. The molecule has 17 heavy (non-hydrogen) atoms. The lowest BCUT2D eigenvalue weighted by molar-refractivity contribution is 0.542. The van der Waals surface area contributed by atoms with Crippen molar-refractivity contribution in [3.8, 4) is 0 Å². The number of hydrogen-bond donors (Lipinski definition) is 0. The third-order valence-corrected chi connectivity index (χ3v) is 3.45. The van der Waals surface area contributed by atoms with Crippen LogP contribution in [0.1, 0.15) is 91.4 Å². The Balaban J connectivity index is 3.24. The zero-order valence-electron chi connectivity index (χ0n) is 12.5. The molecule has 0 N–H and O–H groups in total. The molecule has 0 radical (unpaired) electrons. The molecule has 1 atom stereocenters. The summed E-state index contributed by atoms with van der Waals surface area (Å²) < 4.78 is 0. The lowest BCUT2D eigenvalue weighted by Crippen LogP contribution is -1.90. The van der Waals surface area contributed by atoms with Crippen LogP contribution in [0.4, 0.5) is 0 Å². The van der Waals surface area contributed by atoms with Crippen molar-refractivity contribution in [2.75, 3.05) is 0 Å². The van der Waals surface area contributed by atoms with Crippen LogP contribution in [-0.4, -0.2) is 0 Å². The Morgan fingerprint density at radius 1 is 0.765 bits per heavy atom. The van der Waals surface area contributed by atoms with Gasteiger partial charge in [0.15, 0.2) is 0 Å². The van der Waals surface area contributed by atoms with Crippen molar-refractivity contribution in [3.05, 3.63) is 12.2 Å². The smallest absolute Gasteiger partial charge is 0.0262 e. The average Bonchev–Trinajstić information content (AvgIpc) is 2.33. The molecule has 0 rings (SSSR count). The molecule has 0 heteroatoms. The highest BCUT2D eigenvalue weighted by atomic mass is 14.0. The third-order valence-electron chi connectivity index (χ3n) is 3.45. The first kappa shape index (κ1) is 16.7. The maximum absolute atomic E-state index is 2.43. The Hall–Kier alpha value is -0.260. The molecule has 0 saturated heterocycles. The Morgan fingerprint density at radius 3 is 2.06 bits per heavy atom. The van der Waals surface area contributed by atoms with Crippen molar-refractivity contribution in [2.24, 2.45) is 5.92 Å². The van der Waals surface area contributed by atoms with E-state index >= 15 is 0 Å². The molecule has 0 heterocycles. The molecule has 0 aliphatic heterocycles. The molecule has 0 bridgehead atoms. The Kier molecular flexibility index (Phi) is 13.6. The van der Waals surface area contributed by atoms with Gasteiger partial charge in [-0.3, -0.25) is 0 Å². The van der Waals surface area contributed by atoms with Crippen LogP contribution < -0.4 is 0 Å². The van der Waals surface area contributed by atoms with Crippen LogP contribution in [0.3, 0.4) is 0 Å². The van der Waals surface area contributed by atoms with Gasteiger partial charge in [-0.1, -0.05) is 84.3 Å². The van der Waals surface area contributed by atoms with Crippen LogP contribution in [-0.2, 0) is 0 Å². The van der Waals surface area contributed by atoms with Gasteiger partial charge in [0.1, 0.15) is 0 Å². The zero-order chi connectivity index (χ0) is 12.8. The summed E-state index contributed by atoms with van der Waals surface area (Å²) >= 11 is 0. The summed E-state index contributed by atoms with van der Waals surface area (Å²) in [6.45, 7) is 6.92. The van der Waals surface area contributed by atoms with E-state index in [2.05, 4.69) is 32.9 Å². The summed E-state index contributed by atoms with van der Waals surface area (Å²) in [6, 6.07) is 0. The summed E-state index contributed by atoms with van der Waals surface area (Å²) in [5.74, 6) is 0.794. The van der Waals surface area contributed by atoms with Crippen LogP contribution in [0.5, 0.6) is 0 Å². The molecular weight excluding hydrogens is 204 g/mol. The Labute approximate surface area is 110 Å². The second kappa shape index (κ2) is 13.8. The minimum atomic E-state index is 0.794. The van der Waals surface area contributed by atoms with E-state index in [0.29, 0.717) is 0 Å². The van der Waals surface area contributed by atoms with E-state index in [1.165, 1.54) is 70.6 Å². The van der Waals surface area contributed by atoms with Crippen molar-refractivity contribution >= 4 is 0 Å². The molecular formula is C17H34. The second-order valence-electron chi connectivity index (χ2n) is 5.46. The summed E-state index contributed by atoms with van der Waals surface area (Å²) in [7, 11) is 0. The molecule has 0 aliphatic carbocycles. The molecule has 0 aromatic rings. The number of unbranched alkanes of at least 4 members (excludes halogenated alkanes) is 8. The van der Waals surface area contributed by atoms with Crippen LogP contribution in [0.15, 0.2) is 12.2 Å². The first-order valence-corrected chi connectivity index (χ1v) is 7.97. The van der Waals surface area contributed by atoms with Gasteiger partial charge in [-0.2, -0.15) is 0 Å². The molecule has 0 saturated carbocycles. The third kappa shape index (κ3) is 13.7. The molecule has 1 unspecified atom stereocenters. The molecule has 0 fully saturated rings. The van der Waals surface area contributed by atoms with Gasteiger partial charge in [0, 0.05) is 0 Å². The molecule has 102 valence electrons. The van der Waals surface area contributed by atoms with Crippen LogP contribution in [0.2, 0.25) is 0 Å². The fraction of sp³-hybridized carbons (Fsp3) is 0.882. The lowest BCUT2D eigenvalue weighted by atomic mass is 10.0. The van der Waals surface area contributed by atoms with Gasteiger partial charge in [-0.25, -0.2) is 0 Å². The second-order valence-corrected chi connectivity index (χ2v) is 5.46. The highest BCUT2D eigenvalue weighted by Gasteiger charge is 1.96. The van der Waals surface area contributed by atoms with Crippen molar-refractivity contribution in [1.82, 2.24) is 0 Å². The monoisotopic (exact) mass is 238 g/mol. The first-order valence-electron chi connectivity index (χ1n) is 7.97. The van der Waals surface area contributed by atoms with E-state index in [1.54, 1.807) is 0 Å². The predicted molar refractivity (Wildman–Crippen MR) is 80.4 cm³/mol. The highest BCUT2D eigenvalue weighted by Crippen LogP contribution is 2.13. The van der Waals surface area contributed by atoms with Crippen molar-refractivity contribution < 1.29 is 0 Å². The first-order chi connectivity index (χ1) is 8.31. The lowest BCUT2D eigenvalue weighted by Gasteiger charge is -2.05. The van der Waals surface area contributed by atoms with Crippen molar-refractivity contribution in [2.45, 2.75) is 91.4 Å². The summed E-state index contributed by atoms with van der Waals surface area (Å²) in [5.41, 5.74) is 0. The predicted octanol–water partition coefficient (Wildman–Crippen LogP) is 6.51. The van der Waals surface area contributed by atoms with Crippen molar-refractivity contribution in [1.29, 1.82) is 0 Å². The van der Waals surface area contributed by atoms with Crippen LogP contribution >= 0.6 is 0 Å². The molecule has 0 spiro atoms. The maximum Gasteiger partial charge on any atom is -0.0262 e. The van der Waals surface area contributed by atoms with Gasteiger partial charge < -0.3 is 0 Å². The molecule has 0 aromatic heterocycles. The van der Waals surface area contributed by atoms with E-state index in [-0.39, 0.29) is 0 Å². The number of allylic oxidation sites excluding steroid dienone is 2. The van der Waals surface area contributed by atoms with Gasteiger partial charge in [0.05, 0.1) is 0 Å². The van der Waals surface area contributed by atoms with Gasteiger partial charge in [0.25, 0.3) is 0 Å². The van der Waals surface area contributed by atoms with Crippen molar-refractivity contribution in [3.63, 3.8) is 0 Å². The van der Waals surface area contributed by atoms with E-state index in [4.69, 9.17) is 0 Å². The van der Waals surface area contributed by atoms with Crippen LogP contribution in [0, 0.1) is 5.92 Å². The highest BCUT2D eigenvalue weighted by molar-refractivity contribution is 4.86. The number of rotatable bonds is 12. The minimum Gasteiger partial charge on any atom is -0.0883 e. The largest absolute Gasteiger partial charge is 0.0883 e. The SMILES string of the molecule is CCCCC/C=C/C(C)CCCCCCCC. The van der Waals surface area contributed by atoms with Crippen LogP contribution in [0.25, 0.3) is 0 Å². The quantitative estimate of drug-likeness (QED) is 0.268. The Morgan fingerprint density at radius 2 is 1.35 bits per heavy atom. The summed E-state index contributed by atoms with van der Waals surface area (Å²) in [5, 5.41) is 0. The van der Waals surface area contributed by atoms with Gasteiger partial charge in [0.2, 0.25) is 0 Å². The standard InChI is InChI=1S/C17H34/c1-4-6-8-10-12-14-16-17(3)15-13-11-9-7-5-2/h13,15,17H,4-12,14,16H2,1-3H3/b15-13+. The average molecular weight is 238 g/mol. The molecule has 0 aliphatic rings. The fourth-order valence-electron chi connectivity index (χ4n) is 2.18. The maximum atomic E-state index is 2.43. The Bertz CT molecular complexity index is 157. The van der Waals surface area contributed by atoms with E-state index in [1.807, 2.05) is 0 Å². The molecule has 0 nitrogen and oxygen atoms in total. The summed E-state index contributed by atoms with van der Waals surface area (Å²) in [6.07, 6.45) is 20.1. The normalized spacial score (nSPS) is 13.4. The minimum absolute atomic E-state index is 0.794. The summed E-state index contributed by atoms with van der Waals surface area (Å²) in [4.78, 5) is 0.